The van der Waals surface area contributed by atoms with Crippen molar-refractivity contribution in [3.63, 3.8) is 0 Å². The van der Waals surface area contributed by atoms with Crippen LogP contribution in [0.15, 0.2) is 159 Å². The molecule has 0 amide bonds. The minimum absolute atomic E-state index is 0.206. The van der Waals surface area contributed by atoms with Gasteiger partial charge in [-0.3, -0.25) is 0 Å². The number of benzene rings is 6. The van der Waals surface area contributed by atoms with Gasteiger partial charge in [0, 0.05) is 0 Å². The quantitative estimate of drug-likeness (QED) is 0.0757. The van der Waals surface area contributed by atoms with Gasteiger partial charge in [-0.05, 0) is 72.8 Å². The highest BCUT2D eigenvalue weighted by Crippen LogP contribution is 2.79. The number of para-hydroxylation sites is 12. The molecule has 312 valence electrons. The number of methoxy groups -OCH3 is 6. The van der Waals surface area contributed by atoms with Crippen molar-refractivity contribution in [1.29, 1.82) is 0 Å². The third-order valence-corrected chi connectivity index (χ3v) is 16.4. The molecule has 6 aromatic carbocycles. The Morgan fingerprint density at radius 2 is 0.367 bits per heavy atom. The third-order valence-electron chi connectivity index (χ3n) is 8.40. The Kier molecular flexibility index (Phi) is 13.0. The normalized spacial score (nSPS) is 14.3. The third kappa shape index (κ3) is 9.24. The fourth-order valence-corrected chi connectivity index (χ4v) is 14.8. The van der Waals surface area contributed by atoms with E-state index in [-0.39, 0.29) is 34.5 Å². The van der Waals surface area contributed by atoms with Gasteiger partial charge in [-0.1, -0.05) is 86.3 Å². The molecule has 0 radical (unpaired) electrons. The van der Waals surface area contributed by atoms with Crippen LogP contribution < -0.4 is 55.6 Å². The standard InChI is InChI=1S/C42H42N3O12P3/c1-46-31-19-7-13-25-37(31)52-58(53-38-26-14-8-20-32(38)47-2)43-59(54-39-27-15-9-21-33(39)48-3,55-40-28-16-10-22-34(40)49-4)45-60(44-58,56-41-29-17-11-23-35(41)50-5)57-42-30-18-12-24-36(42)51-6/h7-30H,1-6H3. The van der Waals surface area contributed by atoms with Crippen LogP contribution in [0.2, 0.25) is 0 Å². The number of hydrogen-bond donors (Lipinski definition) is 0. The number of rotatable bonds is 18. The Bertz CT molecular complexity index is 2170. The van der Waals surface area contributed by atoms with Gasteiger partial charge in [0.2, 0.25) is 0 Å². The predicted octanol–water partition coefficient (Wildman–Crippen LogP) is 12.4. The maximum Gasteiger partial charge on any atom is 0.461 e. The molecular weight excluding hydrogens is 831 g/mol. The lowest BCUT2D eigenvalue weighted by Crippen LogP contribution is -2.12. The number of ether oxygens (including phenoxy) is 6. The Balaban J connectivity index is 1.66. The van der Waals surface area contributed by atoms with Gasteiger partial charge in [-0.25, -0.2) is 0 Å². The first-order valence-electron chi connectivity index (χ1n) is 18.2. The maximum absolute atomic E-state index is 6.98. The van der Waals surface area contributed by atoms with Crippen molar-refractivity contribution in [1.82, 2.24) is 0 Å². The second-order valence-electron chi connectivity index (χ2n) is 12.2. The number of hydrogen-bond acceptors (Lipinski definition) is 15. The molecule has 0 saturated carbocycles. The SMILES string of the molecule is COc1ccccc1OP1(Oc2ccccc2OC)=NP(Oc2ccccc2OC)(Oc2ccccc2OC)=NP(Oc2ccccc2OC)(Oc2ccccc2OC)=N1. The lowest BCUT2D eigenvalue weighted by Gasteiger charge is -2.33. The van der Waals surface area contributed by atoms with Crippen LogP contribution in [0, 0.1) is 0 Å². The van der Waals surface area contributed by atoms with E-state index in [2.05, 4.69) is 0 Å². The molecular formula is C42H42N3O12P3. The van der Waals surface area contributed by atoms with Gasteiger partial charge in [0.05, 0.1) is 42.7 Å². The summed E-state index contributed by atoms with van der Waals surface area (Å²) in [6.07, 6.45) is 0. The zero-order chi connectivity index (χ0) is 42.0. The molecule has 0 unspecified atom stereocenters. The molecule has 0 spiro atoms. The monoisotopic (exact) mass is 873 g/mol. The van der Waals surface area contributed by atoms with Crippen LogP contribution in [-0.2, 0) is 0 Å². The zero-order valence-corrected chi connectivity index (χ0v) is 36.1. The van der Waals surface area contributed by atoms with E-state index in [1.165, 1.54) is 42.7 Å². The van der Waals surface area contributed by atoms with Gasteiger partial charge in [0.1, 0.15) is 0 Å². The van der Waals surface area contributed by atoms with E-state index < -0.39 is 23.0 Å². The minimum atomic E-state index is -4.37. The molecule has 0 atom stereocenters. The molecule has 0 N–H and O–H groups in total. The van der Waals surface area contributed by atoms with Crippen molar-refractivity contribution in [2.45, 2.75) is 0 Å². The summed E-state index contributed by atoms with van der Waals surface area (Å²) in [7, 11) is -4.03. The summed E-state index contributed by atoms with van der Waals surface area (Å²) in [6, 6.07) is 41.8. The summed E-state index contributed by atoms with van der Waals surface area (Å²) in [5.41, 5.74) is 0. The Morgan fingerprint density at radius 1 is 0.233 bits per heavy atom. The molecule has 0 saturated heterocycles. The molecule has 1 heterocycles. The lowest BCUT2D eigenvalue weighted by atomic mass is 10.3. The first kappa shape index (κ1) is 41.8. The average molecular weight is 874 g/mol. The van der Waals surface area contributed by atoms with E-state index in [1.54, 1.807) is 146 Å². The van der Waals surface area contributed by atoms with Crippen LogP contribution >= 0.6 is 23.0 Å². The molecule has 1 aliphatic heterocycles. The summed E-state index contributed by atoms with van der Waals surface area (Å²) >= 11 is 0. The summed E-state index contributed by atoms with van der Waals surface area (Å²) in [5, 5.41) is 0. The number of nitrogens with zero attached hydrogens (tertiary/aromatic N) is 3. The highest BCUT2D eigenvalue weighted by atomic mass is 31.3. The topological polar surface area (TPSA) is 148 Å². The summed E-state index contributed by atoms with van der Waals surface area (Å²) in [6.45, 7) is 0. The molecule has 0 fully saturated rings. The van der Waals surface area contributed by atoms with Crippen molar-refractivity contribution in [3.05, 3.63) is 146 Å². The molecule has 0 aromatic heterocycles. The van der Waals surface area contributed by atoms with E-state index in [4.69, 9.17) is 69.1 Å². The van der Waals surface area contributed by atoms with Crippen LogP contribution in [-0.4, -0.2) is 42.7 Å². The van der Waals surface area contributed by atoms with Crippen LogP contribution in [0.4, 0.5) is 0 Å². The largest absolute Gasteiger partial charge is 0.493 e. The minimum Gasteiger partial charge on any atom is -0.493 e. The molecule has 0 bridgehead atoms. The van der Waals surface area contributed by atoms with Crippen molar-refractivity contribution >= 4 is 23.0 Å². The molecule has 18 heteroatoms. The predicted molar refractivity (Wildman–Crippen MR) is 230 cm³/mol. The first-order chi connectivity index (χ1) is 29.3. The van der Waals surface area contributed by atoms with E-state index in [0.29, 0.717) is 34.5 Å². The van der Waals surface area contributed by atoms with Crippen molar-refractivity contribution < 1.29 is 55.6 Å². The fraction of sp³-hybridized carbons (Fsp3) is 0.143. The first-order valence-corrected chi connectivity index (χ1v) is 22.7. The van der Waals surface area contributed by atoms with Crippen molar-refractivity contribution in [2.75, 3.05) is 42.7 Å². The van der Waals surface area contributed by atoms with Gasteiger partial charge in [0.15, 0.2) is 69.0 Å². The second-order valence-corrected chi connectivity index (χ2v) is 18.4. The zero-order valence-electron chi connectivity index (χ0n) is 33.4. The smallest absolute Gasteiger partial charge is 0.461 e. The molecule has 7 rings (SSSR count). The van der Waals surface area contributed by atoms with Crippen LogP contribution in [0.1, 0.15) is 0 Å². The van der Waals surface area contributed by atoms with Crippen molar-refractivity contribution in [2.24, 2.45) is 13.5 Å². The average Bonchev–Trinajstić information content (AvgIpc) is 3.27. The van der Waals surface area contributed by atoms with Gasteiger partial charge in [-0.2, -0.15) is 0 Å². The van der Waals surface area contributed by atoms with Gasteiger partial charge >= 0.3 is 23.0 Å². The van der Waals surface area contributed by atoms with Crippen molar-refractivity contribution in [3.8, 4) is 69.0 Å². The van der Waals surface area contributed by atoms with Gasteiger partial charge < -0.3 is 55.6 Å². The molecule has 1 aliphatic rings. The highest BCUT2D eigenvalue weighted by molar-refractivity contribution is 7.79. The van der Waals surface area contributed by atoms with E-state index in [9.17, 15) is 0 Å². The summed E-state index contributed by atoms with van der Waals surface area (Å²) < 4.78 is 92.3. The molecule has 15 nitrogen and oxygen atoms in total. The Labute approximate surface area is 348 Å². The summed E-state index contributed by atoms with van der Waals surface area (Å²) in [4.78, 5) is 0. The lowest BCUT2D eigenvalue weighted by molar-refractivity contribution is 0.365. The molecule has 6 aromatic rings. The van der Waals surface area contributed by atoms with Crippen LogP contribution in [0.5, 0.6) is 69.0 Å². The van der Waals surface area contributed by atoms with E-state index >= 15 is 0 Å². The van der Waals surface area contributed by atoms with Gasteiger partial charge in [-0.15, -0.1) is 0 Å². The maximum atomic E-state index is 6.98. The second kappa shape index (κ2) is 18.7. The molecule has 0 aliphatic carbocycles. The fourth-order valence-electron chi connectivity index (χ4n) is 5.69. The Morgan fingerprint density at radius 3 is 0.500 bits per heavy atom. The van der Waals surface area contributed by atoms with Crippen LogP contribution in [0.25, 0.3) is 0 Å². The van der Waals surface area contributed by atoms with Gasteiger partial charge in [0.25, 0.3) is 0 Å². The van der Waals surface area contributed by atoms with E-state index in [0.717, 1.165) is 0 Å². The van der Waals surface area contributed by atoms with E-state index in [1.807, 2.05) is 0 Å². The van der Waals surface area contributed by atoms with Crippen LogP contribution in [0.3, 0.4) is 0 Å². The Hall–Kier alpha value is -6.39. The summed E-state index contributed by atoms with van der Waals surface area (Å²) in [5.74, 6) is 3.29. The molecule has 60 heavy (non-hydrogen) atoms. The highest BCUT2D eigenvalue weighted by Gasteiger charge is 2.50.